The maximum Gasteiger partial charge on any atom is 0.226 e. The molecule has 0 aliphatic carbocycles. The zero-order valence-electron chi connectivity index (χ0n) is 12.9. The normalized spacial score (nSPS) is 10.0. The minimum Gasteiger partial charge on any atom is -0.497 e. The fraction of sp³-hybridized carbons (Fsp3) is 0.118. The third-order valence-corrected chi connectivity index (χ3v) is 5.50. The van der Waals surface area contributed by atoms with E-state index in [-0.39, 0.29) is 11.7 Å². The van der Waals surface area contributed by atoms with Crippen molar-refractivity contribution in [3.8, 4) is 16.9 Å². The van der Waals surface area contributed by atoms with Crippen LogP contribution in [0.1, 0.15) is 6.92 Å². The van der Waals surface area contributed by atoms with Gasteiger partial charge in [-0.1, -0.05) is 12.1 Å². The van der Waals surface area contributed by atoms with Crippen molar-refractivity contribution in [2.24, 2.45) is 0 Å². The molecule has 1 heterocycles. The highest BCUT2D eigenvalue weighted by atomic mass is 79.9. The summed E-state index contributed by atoms with van der Waals surface area (Å²) in [4.78, 5) is 9.65. The number of hydrogen-bond donors (Lipinski definition) is 1. The lowest BCUT2D eigenvalue weighted by Crippen LogP contribution is -2.03. The molecule has 1 N–H and O–H groups in total. The molecular weight excluding hydrogens is 461 g/mol. The van der Waals surface area contributed by atoms with E-state index in [2.05, 4.69) is 36.4 Å². The molecule has 3 aromatic rings. The summed E-state index contributed by atoms with van der Waals surface area (Å²) in [7, 11) is 1.66. The molecule has 0 aliphatic heterocycles. The molecule has 0 aliphatic rings. The van der Waals surface area contributed by atoms with Crippen LogP contribution in [0.4, 0.5) is 4.39 Å². The second-order valence-corrected chi connectivity index (χ2v) is 7.54. The van der Waals surface area contributed by atoms with Gasteiger partial charge in [-0.3, -0.25) is 9.14 Å². The highest BCUT2D eigenvalue weighted by molar-refractivity contribution is 9.11. The molecule has 24 heavy (non-hydrogen) atoms. The number of fused-ring (bicyclic) bond motifs is 1. The number of carbonyl (C=O) groups excluding carboxylic acids is 1. The minimum absolute atomic E-state index is 0.0787. The van der Waals surface area contributed by atoms with Crippen LogP contribution in [0.15, 0.2) is 46.3 Å². The number of thiophene rings is 1. The second kappa shape index (κ2) is 8.60. The van der Waals surface area contributed by atoms with Crippen LogP contribution >= 0.6 is 43.4 Å². The van der Waals surface area contributed by atoms with E-state index in [9.17, 15) is 9.18 Å². The summed E-state index contributed by atoms with van der Waals surface area (Å²) in [6, 6.07) is 12.5. The zero-order valence-corrected chi connectivity index (χ0v) is 16.9. The van der Waals surface area contributed by atoms with Crippen LogP contribution in [0.5, 0.6) is 5.75 Å². The molecule has 0 unspecified atom stereocenters. The van der Waals surface area contributed by atoms with Crippen LogP contribution in [0.3, 0.4) is 0 Å². The van der Waals surface area contributed by atoms with E-state index in [0.717, 1.165) is 30.7 Å². The number of halogens is 3. The molecule has 0 radical (unpaired) electrons. The molecule has 0 atom stereocenters. The number of rotatable bonds is 2. The van der Waals surface area contributed by atoms with Crippen LogP contribution in [0.2, 0.25) is 0 Å². The van der Waals surface area contributed by atoms with Gasteiger partial charge in [0.2, 0.25) is 5.91 Å². The molecule has 0 fully saturated rings. The Morgan fingerprint density at radius 2 is 1.83 bits per heavy atom. The predicted octanol–water partition coefficient (Wildman–Crippen LogP) is 5.91. The Bertz CT molecular complexity index is 850. The van der Waals surface area contributed by atoms with Crippen LogP contribution in [0.25, 0.3) is 21.2 Å². The van der Waals surface area contributed by atoms with Gasteiger partial charge in [0.15, 0.2) is 0 Å². The summed E-state index contributed by atoms with van der Waals surface area (Å²) in [5.74, 6) is 0.540. The number of nitrogens with one attached hydrogen (secondary N) is 1. The van der Waals surface area contributed by atoms with E-state index in [1.54, 1.807) is 30.6 Å². The van der Waals surface area contributed by atoms with Gasteiger partial charge in [-0.25, -0.2) is 4.39 Å². The van der Waals surface area contributed by atoms with Crippen LogP contribution in [-0.2, 0) is 4.79 Å². The van der Waals surface area contributed by atoms with E-state index in [0.29, 0.717) is 0 Å². The van der Waals surface area contributed by atoms with Crippen molar-refractivity contribution in [2.45, 2.75) is 6.92 Å². The molecule has 1 aromatic heterocycles. The first-order valence-corrected chi connectivity index (χ1v) is 9.25. The average molecular weight is 475 g/mol. The maximum atomic E-state index is 13.0. The number of hydrogen-bond acceptors (Lipinski definition) is 3. The van der Waals surface area contributed by atoms with Crippen molar-refractivity contribution in [3.63, 3.8) is 0 Å². The first-order valence-electron chi connectivity index (χ1n) is 6.85. The fourth-order valence-electron chi connectivity index (χ4n) is 2.06. The Kier molecular flexibility index (Phi) is 6.77. The van der Waals surface area contributed by atoms with Gasteiger partial charge >= 0.3 is 0 Å². The largest absolute Gasteiger partial charge is 0.497 e. The van der Waals surface area contributed by atoms with E-state index < -0.39 is 0 Å². The zero-order chi connectivity index (χ0) is 17.7. The predicted molar refractivity (Wildman–Crippen MR) is 104 cm³/mol. The molecular formula is C17H14Br2FNO2S. The minimum atomic E-state index is -0.221. The van der Waals surface area contributed by atoms with Gasteiger partial charge in [0.05, 0.1) is 10.9 Å². The maximum absolute atomic E-state index is 13.0. The lowest BCUT2D eigenvalue weighted by Gasteiger charge is -2.02. The monoisotopic (exact) mass is 473 g/mol. The third kappa shape index (κ3) is 4.55. The van der Waals surface area contributed by atoms with Gasteiger partial charge in [-0.05, 0) is 51.8 Å². The van der Waals surface area contributed by atoms with Crippen LogP contribution < -0.4 is 9.08 Å². The van der Waals surface area contributed by atoms with Gasteiger partial charge in [0.1, 0.15) is 11.6 Å². The Balaban J connectivity index is 0.000000368. The average Bonchev–Trinajstić information content (AvgIpc) is 2.91. The summed E-state index contributed by atoms with van der Waals surface area (Å²) in [5.41, 5.74) is 2.10. The number of methoxy groups -OCH3 is 1. The highest BCUT2D eigenvalue weighted by Crippen LogP contribution is 2.43. The molecule has 2 aromatic carbocycles. The summed E-state index contributed by atoms with van der Waals surface area (Å²) < 4.78 is 22.6. The molecule has 3 rings (SSSR count). The van der Waals surface area contributed by atoms with Crippen molar-refractivity contribution in [1.29, 1.82) is 0 Å². The molecule has 7 heteroatoms. The SMILES string of the molecule is CC(=O)NBr.COc1ccc2c(-c3ccc(F)cc3)c(Br)sc2c1. The number of carbonyl (C=O) groups is 1. The van der Waals surface area contributed by atoms with Gasteiger partial charge in [-0.15, -0.1) is 11.3 Å². The van der Waals surface area contributed by atoms with Gasteiger partial charge in [0, 0.05) is 38.7 Å². The highest BCUT2D eigenvalue weighted by Gasteiger charge is 2.12. The van der Waals surface area contributed by atoms with Crippen LogP contribution in [0, 0.1) is 5.82 Å². The summed E-state index contributed by atoms with van der Waals surface area (Å²) in [5, 5.41) is 1.14. The van der Waals surface area contributed by atoms with E-state index in [1.165, 1.54) is 19.1 Å². The molecule has 126 valence electrons. The van der Waals surface area contributed by atoms with E-state index in [1.807, 2.05) is 18.2 Å². The molecule has 0 saturated carbocycles. The lowest BCUT2D eigenvalue weighted by molar-refractivity contribution is -0.116. The lowest BCUT2D eigenvalue weighted by atomic mass is 10.0. The van der Waals surface area contributed by atoms with Crippen molar-refractivity contribution in [1.82, 2.24) is 4.34 Å². The molecule has 0 bridgehead atoms. The summed E-state index contributed by atoms with van der Waals surface area (Å²) in [6.45, 7) is 1.43. The standard InChI is InChI=1S/C15H10BrFOS.C2H4BrNO/c1-18-11-6-7-12-13(8-11)19-15(16)14(12)9-2-4-10(17)5-3-9;1-2(5)4-3/h2-8H,1H3;1H3,(H,4,5). The molecule has 1 amide bonds. The van der Waals surface area contributed by atoms with E-state index in [4.69, 9.17) is 4.74 Å². The first kappa shape index (κ1) is 18.9. The quantitative estimate of drug-likeness (QED) is 0.468. The second-order valence-electron chi connectivity index (χ2n) is 4.77. The van der Waals surface area contributed by atoms with Gasteiger partial charge in [-0.2, -0.15) is 0 Å². The van der Waals surface area contributed by atoms with Crippen LogP contribution in [-0.4, -0.2) is 13.0 Å². The first-order chi connectivity index (χ1) is 11.5. The molecule has 0 saturated heterocycles. The van der Waals surface area contributed by atoms with E-state index >= 15 is 0 Å². The summed E-state index contributed by atoms with van der Waals surface area (Å²) in [6.07, 6.45) is 0. The molecule has 3 nitrogen and oxygen atoms in total. The van der Waals surface area contributed by atoms with Crippen molar-refractivity contribution >= 4 is 59.4 Å². The molecule has 0 spiro atoms. The van der Waals surface area contributed by atoms with Crippen molar-refractivity contribution in [3.05, 3.63) is 52.1 Å². The Morgan fingerprint density at radius 1 is 1.21 bits per heavy atom. The third-order valence-electron chi connectivity index (χ3n) is 3.12. The Hall–Kier alpha value is -1.44. The number of amides is 1. The number of benzene rings is 2. The summed E-state index contributed by atoms with van der Waals surface area (Å²) >= 11 is 7.96. The van der Waals surface area contributed by atoms with Gasteiger partial charge < -0.3 is 4.74 Å². The van der Waals surface area contributed by atoms with Crippen molar-refractivity contribution < 1.29 is 13.9 Å². The Labute approximate surface area is 160 Å². The fourth-order valence-corrected chi connectivity index (χ4v) is 4.00. The van der Waals surface area contributed by atoms with Gasteiger partial charge in [0.25, 0.3) is 0 Å². The Morgan fingerprint density at radius 3 is 2.38 bits per heavy atom. The van der Waals surface area contributed by atoms with Crippen molar-refractivity contribution in [2.75, 3.05) is 7.11 Å². The smallest absolute Gasteiger partial charge is 0.226 e. The number of ether oxygens (including phenoxy) is 1. The topological polar surface area (TPSA) is 38.3 Å².